The van der Waals surface area contributed by atoms with E-state index in [0.717, 1.165) is 32.6 Å². The van der Waals surface area contributed by atoms with Crippen LogP contribution in [0.1, 0.15) is 12.8 Å². The number of nitrogens with one attached hydrogen (secondary N) is 1. The van der Waals surface area contributed by atoms with Gasteiger partial charge in [-0.1, -0.05) is 0 Å². The van der Waals surface area contributed by atoms with Gasteiger partial charge in [-0.15, -0.1) is 0 Å². The van der Waals surface area contributed by atoms with Gasteiger partial charge in [0, 0.05) is 18.1 Å². The highest BCUT2D eigenvalue weighted by Gasteiger charge is 2.46. The zero-order valence-corrected chi connectivity index (χ0v) is 6.10. The SMILES string of the molecule is NC1(C2COCCN2)CC1. The van der Waals surface area contributed by atoms with Crippen LogP contribution < -0.4 is 11.1 Å². The van der Waals surface area contributed by atoms with Crippen molar-refractivity contribution in [2.24, 2.45) is 5.73 Å². The Bertz CT molecular complexity index is 128. The highest BCUT2D eigenvalue weighted by atomic mass is 16.5. The minimum atomic E-state index is 0.0837. The molecule has 0 amide bonds. The van der Waals surface area contributed by atoms with Gasteiger partial charge in [-0.05, 0) is 12.8 Å². The third kappa shape index (κ3) is 1.05. The molecule has 0 radical (unpaired) electrons. The molecule has 3 N–H and O–H groups in total. The molecule has 1 heterocycles. The molecular formula is C7H14N2O. The highest BCUT2D eigenvalue weighted by Crippen LogP contribution is 2.36. The summed E-state index contributed by atoms with van der Waals surface area (Å²) in [4.78, 5) is 0. The zero-order chi connectivity index (χ0) is 7.03. The van der Waals surface area contributed by atoms with E-state index >= 15 is 0 Å². The Kier molecular flexibility index (Phi) is 1.44. The summed E-state index contributed by atoms with van der Waals surface area (Å²) in [6, 6.07) is 0.418. The van der Waals surface area contributed by atoms with E-state index in [0.29, 0.717) is 6.04 Å². The molecule has 1 saturated heterocycles. The van der Waals surface area contributed by atoms with Gasteiger partial charge >= 0.3 is 0 Å². The van der Waals surface area contributed by atoms with E-state index in [1.807, 2.05) is 0 Å². The first-order valence-electron chi connectivity index (χ1n) is 3.91. The predicted octanol–water partition coefficient (Wildman–Crippen LogP) is -0.534. The molecule has 2 aliphatic rings. The van der Waals surface area contributed by atoms with Crippen molar-refractivity contribution in [1.29, 1.82) is 0 Å². The van der Waals surface area contributed by atoms with Crippen molar-refractivity contribution < 1.29 is 4.74 Å². The third-order valence-corrected chi connectivity index (χ3v) is 2.44. The number of hydrogen-bond donors (Lipinski definition) is 2. The summed E-state index contributed by atoms with van der Waals surface area (Å²) in [5.74, 6) is 0. The van der Waals surface area contributed by atoms with Crippen LogP contribution in [0.25, 0.3) is 0 Å². The van der Waals surface area contributed by atoms with Crippen LogP contribution >= 0.6 is 0 Å². The van der Waals surface area contributed by atoms with Crippen molar-refractivity contribution in [2.75, 3.05) is 19.8 Å². The Morgan fingerprint density at radius 3 is 2.80 bits per heavy atom. The summed E-state index contributed by atoms with van der Waals surface area (Å²) < 4.78 is 5.31. The summed E-state index contributed by atoms with van der Waals surface area (Å²) in [6.07, 6.45) is 2.32. The number of morpholine rings is 1. The average Bonchev–Trinajstić information content (AvgIpc) is 2.72. The van der Waals surface area contributed by atoms with Crippen molar-refractivity contribution in [3.8, 4) is 0 Å². The molecule has 0 aromatic heterocycles. The van der Waals surface area contributed by atoms with Crippen LogP contribution in [0.2, 0.25) is 0 Å². The Labute approximate surface area is 60.9 Å². The zero-order valence-electron chi connectivity index (χ0n) is 6.10. The molecule has 2 rings (SSSR count). The molecule has 1 aliphatic carbocycles. The van der Waals surface area contributed by atoms with E-state index in [1.165, 1.54) is 0 Å². The monoisotopic (exact) mass is 142 g/mol. The average molecular weight is 142 g/mol. The molecule has 10 heavy (non-hydrogen) atoms. The van der Waals surface area contributed by atoms with Crippen LogP contribution in [0.5, 0.6) is 0 Å². The molecule has 3 nitrogen and oxygen atoms in total. The van der Waals surface area contributed by atoms with E-state index in [9.17, 15) is 0 Å². The van der Waals surface area contributed by atoms with Gasteiger partial charge in [0.15, 0.2) is 0 Å². The second kappa shape index (κ2) is 2.19. The normalized spacial score (nSPS) is 37.5. The predicted molar refractivity (Wildman–Crippen MR) is 38.8 cm³/mol. The van der Waals surface area contributed by atoms with Crippen molar-refractivity contribution in [1.82, 2.24) is 5.32 Å². The molecule has 0 aromatic carbocycles. The highest BCUT2D eigenvalue weighted by molar-refractivity contribution is 5.08. The van der Waals surface area contributed by atoms with E-state index in [1.54, 1.807) is 0 Å². The third-order valence-electron chi connectivity index (χ3n) is 2.44. The topological polar surface area (TPSA) is 47.3 Å². The van der Waals surface area contributed by atoms with Crippen LogP contribution in [-0.2, 0) is 4.74 Å². The van der Waals surface area contributed by atoms with Crippen LogP contribution in [0.4, 0.5) is 0 Å². The molecule has 2 fully saturated rings. The van der Waals surface area contributed by atoms with Crippen molar-refractivity contribution in [3.63, 3.8) is 0 Å². The first-order valence-corrected chi connectivity index (χ1v) is 3.91. The fourth-order valence-electron chi connectivity index (χ4n) is 1.43. The first-order chi connectivity index (χ1) is 4.81. The molecule has 58 valence electrons. The Morgan fingerprint density at radius 1 is 1.50 bits per heavy atom. The first kappa shape index (κ1) is 6.58. The van der Waals surface area contributed by atoms with Gasteiger partial charge in [0.05, 0.1) is 13.2 Å². The van der Waals surface area contributed by atoms with Crippen LogP contribution in [0.15, 0.2) is 0 Å². The van der Waals surface area contributed by atoms with Gasteiger partial charge < -0.3 is 15.8 Å². The molecule has 1 aliphatic heterocycles. The Hall–Kier alpha value is -0.120. The fraction of sp³-hybridized carbons (Fsp3) is 1.00. The summed E-state index contributed by atoms with van der Waals surface area (Å²) >= 11 is 0. The lowest BCUT2D eigenvalue weighted by Crippen LogP contribution is -2.53. The smallest absolute Gasteiger partial charge is 0.0638 e. The number of nitrogens with two attached hydrogens (primary N) is 1. The quantitative estimate of drug-likeness (QED) is 0.517. The fourth-order valence-corrected chi connectivity index (χ4v) is 1.43. The second-order valence-corrected chi connectivity index (χ2v) is 3.31. The van der Waals surface area contributed by atoms with Gasteiger partial charge in [0.2, 0.25) is 0 Å². The van der Waals surface area contributed by atoms with E-state index in [2.05, 4.69) is 5.32 Å². The maximum absolute atomic E-state index is 5.98. The van der Waals surface area contributed by atoms with Crippen molar-refractivity contribution >= 4 is 0 Å². The van der Waals surface area contributed by atoms with Crippen molar-refractivity contribution in [3.05, 3.63) is 0 Å². The van der Waals surface area contributed by atoms with Gasteiger partial charge in [-0.3, -0.25) is 0 Å². The van der Waals surface area contributed by atoms with Crippen molar-refractivity contribution in [2.45, 2.75) is 24.4 Å². The minimum Gasteiger partial charge on any atom is -0.378 e. The van der Waals surface area contributed by atoms with Gasteiger partial charge in [0.1, 0.15) is 0 Å². The maximum Gasteiger partial charge on any atom is 0.0638 e. The van der Waals surface area contributed by atoms with Gasteiger partial charge in [-0.2, -0.15) is 0 Å². The van der Waals surface area contributed by atoms with E-state index < -0.39 is 0 Å². The summed E-state index contributed by atoms with van der Waals surface area (Å²) in [7, 11) is 0. The van der Waals surface area contributed by atoms with Gasteiger partial charge in [0.25, 0.3) is 0 Å². The standard InChI is InChI=1S/C7H14N2O/c8-7(1-2-7)6-5-10-4-3-9-6/h6,9H,1-5,8H2. The molecule has 0 spiro atoms. The number of rotatable bonds is 1. The van der Waals surface area contributed by atoms with Gasteiger partial charge in [-0.25, -0.2) is 0 Å². The lowest BCUT2D eigenvalue weighted by molar-refractivity contribution is 0.0653. The summed E-state index contributed by atoms with van der Waals surface area (Å²) in [5, 5.41) is 3.37. The van der Waals surface area contributed by atoms with E-state index in [4.69, 9.17) is 10.5 Å². The lowest BCUT2D eigenvalue weighted by atomic mass is 10.1. The Balaban J connectivity index is 1.91. The van der Waals surface area contributed by atoms with Crippen LogP contribution in [0.3, 0.4) is 0 Å². The number of ether oxygens (including phenoxy) is 1. The molecule has 1 atom stereocenters. The molecular weight excluding hydrogens is 128 g/mol. The molecule has 0 aromatic rings. The summed E-state index contributed by atoms with van der Waals surface area (Å²) in [5.41, 5.74) is 6.06. The largest absolute Gasteiger partial charge is 0.378 e. The summed E-state index contributed by atoms with van der Waals surface area (Å²) in [6.45, 7) is 2.60. The molecule has 0 bridgehead atoms. The molecule has 3 heteroatoms. The molecule has 1 unspecified atom stereocenters. The maximum atomic E-state index is 5.98. The minimum absolute atomic E-state index is 0.0837. The molecule has 1 saturated carbocycles. The second-order valence-electron chi connectivity index (χ2n) is 3.31. The van der Waals surface area contributed by atoms with E-state index in [-0.39, 0.29) is 5.54 Å². The number of hydrogen-bond acceptors (Lipinski definition) is 3. The van der Waals surface area contributed by atoms with Crippen LogP contribution in [-0.4, -0.2) is 31.3 Å². The van der Waals surface area contributed by atoms with Crippen LogP contribution in [0, 0.1) is 0 Å². The lowest BCUT2D eigenvalue weighted by Gasteiger charge is -2.28. The Morgan fingerprint density at radius 2 is 2.30 bits per heavy atom.